The molecule has 0 unspecified atom stereocenters. The zero-order chi connectivity index (χ0) is 17.6. The second kappa shape index (κ2) is 7.44. The van der Waals surface area contributed by atoms with Crippen LogP contribution in [0, 0.1) is 6.92 Å². The summed E-state index contributed by atoms with van der Waals surface area (Å²) in [6.45, 7) is 1.66. The Kier molecular flexibility index (Phi) is 4.89. The highest BCUT2D eigenvalue weighted by Gasteiger charge is 2.06. The third-order valence-corrected chi connectivity index (χ3v) is 3.56. The Bertz CT molecular complexity index is 918. The average molecular weight is 334 g/mol. The molecule has 0 aliphatic carbocycles. The quantitative estimate of drug-likeness (QED) is 0.752. The monoisotopic (exact) mass is 334 g/mol. The van der Waals surface area contributed by atoms with Gasteiger partial charge in [0.25, 0.3) is 5.56 Å². The third kappa shape index (κ3) is 4.54. The van der Waals surface area contributed by atoms with Crippen molar-refractivity contribution in [1.29, 1.82) is 0 Å². The van der Waals surface area contributed by atoms with Crippen LogP contribution in [0.5, 0.6) is 0 Å². The molecule has 1 heterocycles. The second-order valence-corrected chi connectivity index (χ2v) is 5.61. The first-order valence-electron chi connectivity index (χ1n) is 7.85. The van der Waals surface area contributed by atoms with Crippen LogP contribution in [-0.4, -0.2) is 15.5 Å². The number of hydrogen-bond acceptors (Lipinski definition) is 4. The zero-order valence-corrected chi connectivity index (χ0v) is 13.8. The highest BCUT2D eigenvalue weighted by molar-refractivity contribution is 5.90. The minimum Gasteiger partial charge on any atom is -0.356 e. The van der Waals surface area contributed by atoms with Gasteiger partial charge in [0.05, 0.1) is 6.33 Å². The Morgan fingerprint density at radius 1 is 1.00 bits per heavy atom. The number of nitrogens with one attached hydrogen (secondary N) is 2. The maximum Gasteiger partial charge on any atom is 0.253 e. The molecule has 0 radical (unpaired) electrons. The molecule has 0 bridgehead atoms. The molecule has 0 saturated heterocycles. The van der Waals surface area contributed by atoms with Crippen molar-refractivity contribution in [3.05, 3.63) is 83.0 Å². The highest BCUT2D eigenvalue weighted by atomic mass is 16.2. The van der Waals surface area contributed by atoms with Crippen LogP contribution in [0.25, 0.3) is 0 Å². The first-order valence-corrected chi connectivity index (χ1v) is 7.85. The molecule has 6 nitrogen and oxygen atoms in total. The minimum absolute atomic E-state index is 0.0733. The molecule has 0 aliphatic rings. The van der Waals surface area contributed by atoms with E-state index in [1.807, 2.05) is 42.5 Å². The van der Waals surface area contributed by atoms with Crippen molar-refractivity contribution in [3.8, 4) is 0 Å². The molecule has 3 aromatic rings. The van der Waals surface area contributed by atoms with Gasteiger partial charge in [-0.3, -0.25) is 14.2 Å². The van der Waals surface area contributed by atoms with E-state index in [4.69, 9.17) is 0 Å². The lowest BCUT2D eigenvalue weighted by Crippen LogP contribution is -2.27. The van der Waals surface area contributed by atoms with E-state index in [1.54, 1.807) is 19.1 Å². The average Bonchev–Trinajstić information content (AvgIpc) is 2.60. The van der Waals surface area contributed by atoms with E-state index < -0.39 is 0 Å². The predicted octanol–water partition coefficient (Wildman–Crippen LogP) is 2.93. The number of amides is 1. The molecule has 0 saturated carbocycles. The number of aryl methyl sites for hydroxylation is 1. The summed E-state index contributed by atoms with van der Waals surface area (Å²) >= 11 is 0. The Hall–Kier alpha value is -3.41. The van der Waals surface area contributed by atoms with Gasteiger partial charge >= 0.3 is 0 Å². The fraction of sp³-hybridized carbons (Fsp3) is 0.105. The molecule has 25 heavy (non-hydrogen) atoms. The van der Waals surface area contributed by atoms with Gasteiger partial charge in [0.2, 0.25) is 5.91 Å². The summed E-state index contributed by atoms with van der Waals surface area (Å²) in [4.78, 5) is 27.9. The molecule has 1 aromatic heterocycles. The van der Waals surface area contributed by atoms with Gasteiger partial charge in [0, 0.05) is 28.8 Å². The van der Waals surface area contributed by atoms with Gasteiger partial charge in [-0.1, -0.05) is 18.2 Å². The van der Waals surface area contributed by atoms with Crippen LogP contribution in [0.1, 0.15) is 5.69 Å². The van der Waals surface area contributed by atoms with Crippen LogP contribution in [0.3, 0.4) is 0 Å². The summed E-state index contributed by atoms with van der Waals surface area (Å²) in [6, 6.07) is 18.6. The van der Waals surface area contributed by atoms with E-state index in [1.165, 1.54) is 17.0 Å². The van der Waals surface area contributed by atoms with E-state index >= 15 is 0 Å². The number of carbonyl (C=O) groups excluding carboxylic acids is 1. The fourth-order valence-electron chi connectivity index (χ4n) is 2.32. The molecule has 1 amide bonds. The molecular weight excluding hydrogens is 316 g/mol. The van der Waals surface area contributed by atoms with Gasteiger partial charge in [0.15, 0.2) is 0 Å². The lowest BCUT2D eigenvalue weighted by Gasteiger charge is -2.09. The molecular formula is C19H18N4O2. The molecule has 2 aromatic carbocycles. The smallest absolute Gasteiger partial charge is 0.253 e. The summed E-state index contributed by atoms with van der Waals surface area (Å²) in [6.07, 6.45) is 1.38. The third-order valence-electron chi connectivity index (χ3n) is 3.56. The number of aromatic nitrogens is 2. The van der Waals surface area contributed by atoms with Gasteiger partial charge in [-0.2, -0.15) is 0 Å². The first kappa shape index (κ1) is 16.4. The summed E-state index contributed by atoms with van der Waals surface area (Å²) in [5.41, 5.74) is 2.96. The van der Waals surface area contributed by atoms with Crippen LogP contribution in [0.4, 0.5) is 17.1 Å². The van der Waals surface area contributed by atoms with Crippen molar-refractivity contribution in [2.75, 3.05) is 10.6 Å². The number of benzene rings is 2. The topological polar surface area (TPSA) is 76.0 Å². The van der Waals surface area contributed by atoms with Gasteiger partial charge in [-0.15, -0.1) is 0 Å². The summed E-state index contributed by atoms with van der Waals surface area (Å²) in [5.74, 6) is -0.281. The van der Waals surface area contributed by atoms with Gasteiger partial charge in [-0.25, -0.2) is 4.98 Å². The number of rotatable bonds is 5. The van der Waals surface area contributed by atoms with Crippen molar-refractivity contribution in [1.82, 2.24) is 9.55 Å². The standard InChI is InChI=1S/C19H18N4O2/c1-14-11-19(25)23(13-20-14)12-18(24)22-17-9-7-16(8-10-17)21-15-5-3-2-4-6-15/h2-11,13,21H,12H2,1H3,(H,22,24). The van der Waals surface area contributed by atoms with Crippen LogP contribution in [0.2, 0.25) is 0 Å². The number of hydrogen-bond donors (Lipinski definition) is 2. The van der Waals surface area contributed by atoms with Crippen molar-refractivity contribution in [3.63, 3.8) is 0 Å². The van der Waals surface area contributed by atoms with Crippen LogP contribution in [-0.2, 0) is 11.3 Å². The molecule has 2 N–H and O–H groups in total. The maximum absolute atomic E-state index is 12.1. The number of anilines is 3. The highest BCUT2D eigenvalue weighted by Crippen LogP contribution is 2.18. The van der Waals surface area contributed by atoms with Gasteiger partial charge in [0.1, 0.15) is 6.54 Å². The summed E-state index contributed by atoms with van der Waals surface area (Å²) in [7, 11) is 0. The molecule has 0 atom stereocenters. The van der Waals surface area contributed by atoms with Crippen LogP contribution in [0.15, 0.2) is 71.8 Å². The van der Waals surface area contributed by atoms with E-state index in [2.05, 4.69) is 15.6 Å². The number of nitrogens with zero attached hydrogens (tertiary/aromatic N) is 2. The largest absolute Gasteiger partial charge is 0.356 e. The Morgan fingerprint density at radius 3 is 2.32 bits per heavy atom. The fourth-order valence-corrected chi connectivity index (χ4v) is 2.32. The van der Waals surface area contributed by atoms with Gasteiger partial charge < -0.3 is 10.6 Å². The number of para-hydroxylation sites is 1. The Balaban J connectivity index is 1.61. The lowest BCUT2D eigenvalue weighted by molar-refractivity contribution is -0.116. The zero-order valence-electron chi connectivity index (χ0n) is 13.8. The summed E-state index contributed by atoms with van der Waals surface area (Å²) in [5, 5.41) is 6.04. The van der Waals surface area contributed by atoms with Crippen LogP contribution >= 0.6 is 0 Å². The Labute approximate surface area is 145 Å². The van der Waals surface area contributed by atoms with E-state index in [0.717, 1.165) is 11.4 Å². The predicted molar refractivity (Wildman–Crippen MR) is 98.0 cm³/mol. The van der Waals surface area contributed by atoms with Gasteiger partial charge in [-0.05, 0) is 43.3 Å². The normalized spacial score (nSPS) is 10.3. The SMILES string of the molecule is Cc1cc(=O)n(CC(=O)Nc2ccc(Nc3ccccc3)cc2)cn1. The molecule has 6 heteroatoms. The van der Waals surface area contributed by atoms with Crippen molar-refractivity contribution < 1.29 is 4.79 Å². The van der Waals surface area contributed by atoms with Crippen molar-refractivity contribution in [2.24, 2.45) is 0 Å². The lowest BCUT2D eigenvalue weighted by atomic mass is 10.2. The Morgan fingerprint density at radius 2 is 1.64 bits per heavy atom. The maximum atomic E-state index is 12.1. The molecule has 0 aliphatic heterocycles. The first-order chi connectivity index (χ1) is 12.1. The van der Waals surface area contributed by atoms with E-state index in [-0.39, 0.29) is 18.0 Å². The second-order valence-electron chi connectivity index (χ2n) is 5.61. The molecule has 3 rings (SSSR count). The minimum atomic E-state index is -0.281. The molecule has 126 valence electrons. The molecule has 0 spiro atoms. The van der Waals surface area contributed by atoms with E-state index in [9.17, 15) is 9.59 Å². The number of carbonyl (C=O) groups is 1. The molecule has 0 fully saturated rings. The van der Waals surface area contributed by atoms with E-state index in [0.29, 0.717) is 11.4 Å². The summed E-state index contributed by atoms with van der Waals surface area (Å²) < 4.78 is 1.27. The van der Waals surface area contributed by atoms with Crippen LogP contribution < -0.4 is 16.2 Å². The van der Waals surface area contributed by atoms with Crippen molar-refractivity contribution in [2.45, 2.75) is 13.5 Å². The van der Waals surface area contributed by atoms with Crippen molar-refractivity contribution >= 4 is 23.0 Å².